The second-order valence-corrected chi connectivity index (χ2v) is 8.56. The Labute approximate surface area is 179 Å². The largest absolute Gasteiger partial charge is 0.497 e. The topological polar surface area (TPSA) is 94.8 Å². The quantitative estimate of drug-likeness (QED) is 0.430. The Morgan fingerprint density at radius 1 is 1.03 bits per heavy atom. The van der Waals surface area contributed by atoms with E-state index in [1.54, 1.807) is 44.2 Å². The van der Waals surface area contributed by atoms with E-state index in [1.165, 1.54) is 19.2 Å². The third-order valence-corrected chi connectivity index (χ3v) is 6.35. The summed E-state index contributed by atoms with van der Waals surface area (Å²) in [4.78, 5) is 12.6. The molecule has 0 aliphatic heterocycles. The lowest BCUT2D eigenvalue weighted by atomic mass is 10.0. The molecule has 8 heteroatoms. The van der Waals surface area contributed by atoms with Crippen molar-refractivity contribution in [3.05, 3.63) is 65.9 Å². The fourth-order valence-electron chi connectivity index (χ4n) is 3.54. The van der Waals surface area contributed by atoms with Crippen molar-refractivity contribution < 1.29 is 27.1 Å². The number of aryl methyl sites for hydroxylation is 1. The average molecular weight is 439 g/mol. The van der Waals surface area contributed by atoms with E-state index in [0.29, 0.717) is 38.9 Å². The van der Waals surface area contributed by atoms with E-state index in [2.05, 4.69) is 4.72 Å². The fourth-order valence-corrected chi connectivity index (χ4v) is 4.61. The van der Waals surface area contributed by atoms with Crippen molar-refractivity contribution >= 4 is 43.4 Å². The number of methoxy groups -OCH3 is 1. The highest BCUT2D eigenvalue weighted by molar-refractivity contribution is 7.92. The van der Waals surface area contributed by atoms with Crippen LogP contribution in [0.3, 0.4) is 0 Å². The van der Waals surface area contributed by atoms with Gasteiger partial charge in [0, 0.05) is 16.2 Å². The van der Waals surface area contributed by atoms with Crippen LogP contribution in [0.2, 0.25) is 0 Å². The molecule has 0 fully saturated rings. The number of ether oxygens (including phenoxy) is 2. The van der Waals surface area contributed by atoms with E-state index in [4.69, 9.17) is 13.9 Å². The highest BCUT2D eigenvalue weighted by Gasteiger charge is 2.24. The number of nitrogens with one attached hydrogen (secondary N) is 1. The molecule has 0 saturated heterocycles. The molecular formula is C23H21NO6S. The van der Waals surface area contributed by atoms with Crippen LogP contribution in [0.1, 0.15) is 23.0 Å². The molecule has 0 aliphatic rings. The molecule has 0 unspecified atom stereocenters. The predicted molar refractivity (Wildman–Crippen MR) is 118 cm³/mol. The summed E-state index contributed by atoms with van der Waals surface area (Å²) in [5, 5.41) is 1.82. The second kappa shape index (κ2) is 7.96. The number of rotatable bonds is 6. The molecule has 0 aliphatic carbocycles. The monoisotopic (exact) mass is 439 g/mol. The highest BCUT2D eigenvalue weighted by atomic mass is 32.2. The van der Waals surface area contributed by atoms with Gasteiger partial charge in [-0.1, -0.05) is 24.3 Å². The van der Waals surface area contributed by atoms with Crippen LogP contribution in [0.25, 0.3) is 21.7 Å². The summed E-state index contributed by atoms with van der Waals surface area (Å²) >= 11 is 0. The first kappa shape index (κ1) is 20.7. The van der Waals surface area contributed by atoms with Gasteiger partial charge in [0.15, 0.2) is 0 Å². The molecule has 0 spiro atoms. The van der Waals surface area contributed by atoms with Crippen molar-refractivity contribution in [2.24, 2.45) is 0 Å². The minimum atomic E-state index is -3.89. The summed E-state index contributed by atoms with van der Waals surface area (Å²) in [6.07, 6.45) is 0. The number of sulfonamides is 1. The maximum absolute atomic E-state index is 13.0. The molecule has 0 atom stereocenters. The van der Waals surface area contributed by atoms with Crippen LogP contribution in [0.15, 0.2) is 63.9 Å². The van der Waals surface area contributed by atoms with Crippen molar-refractivity contribution in [2.45, 2.75) is 18.7 Å². The molecule has 1 heterocycles. The van der Waals surface area contributed by atoms with Gasteiger partial charge < -0.3 is 13.9 Å². The number of fused-ring (bicyclic) bond motifs is 3. The van der Waals surface area contributed by atoms with Crippen molar-refractivity contribution in [3.8, 4) is 5.75 Å². The summed E-state index contributed by atoms with van der Waals surface area (Å²) < 4.78 is 44.9. The summed E-state index contributed by atoms with van der Waals surface area (Å²) in [7, 11) is -2.38. The van der Waals surface area contributed by atoms with Gasteiger partial charge in [0.05, 0.1) is 24.3 Å². The summed E-state index contributed by atoms with van der Waals surface area (Å²) in [6.45, 7) is 3.62. The Bertz CT molecular complexity index is 1390. The molecule has 0 radical (unpaired) electrons. The van der Waals surface area contributed by atoms with E-state index < -0.39 is 16.0 Å². The molecule has 31 heavy (non-hydrogen) atoms. The van der Waals surface area contributed by atoms with E-state index in [-0.39, 0.29) is 17.1 Å². The summed E-state index contributed by atoms with van der Waals surface area (Å²) in [5.74, 6) is 0.450. The van der Waals surface area contributed by atoms with Crippen LogP contribution in [-0.2, 0) is 14.8 Å². The first-order valence-corrected chi connectivity index (χ1v) is 11.1. The maximum atomic E-state index is 13.0. The van der Waals surface area contributed by atoms with E-state index in [1.807, 2.05) is 12.1 Å². The zero-order valence-corrected chi connectivity index (χ0v) is 18.1. The number of esters is 1. The highest BCUT2D eigenvalue weighted by Crippen LogP contribution is 2.37. The van der Waals surface area contributed by atoms with Gasteiger partial charge in [0.25, 0.3) is 10.0 Å². The first-order valence-electron chi connectivity index (χ1n) is 9.64. The number of furan rings is 1. The molecule has 3 aromatic carbocycles. The average Bonchev–Trinajstić information content (AvgIpc) is 3.10. The smallest absolute Gasteiger partial charge is 0.342 e. The van der Waals surface area contributed by atoms with Crippen molar-refractivity contribution in [3.63, 3.8) is 0 Å². The standard InChI is InChI=1S/C23H21NO6S/c1-4-29-23(25)21-14(2)30-22-18-8-6-5-7-17(18)20(13-19(21)22)24-31(26,27)16-11-9-15(28-3)10-12-16/h5-13,24H,4H2,1-3H3. The molecule has 160 valence electrons. The number of hydrogen-bond donors (Lipinski definition) is 1. The molecule has 4 aromatic rings. The molecule has 7 nitrogen and oxygen atoms in total. The van der Waals surface area contributed by atoms with Gasteiger partial charge in [-0.2, -0.15) is 0 Å². The Morgan fingerprint density at radius 3 is 2.35 bits per heavy atom. The summed E-state index contributed by atoms with van der Waals surface area (Å²) in [6, 6.07) is 14.9. The molecule has 4 rings (SSSR count). The lowest BCUT2D eigenvalue weighted by Crippen LogP contribution is -2.13. The van der Waals surface area contributed by atoms with Gasteiger partial charge in [-0.05, 0) is 44.2 Å². The fraction of sp³-hybridized carbons (Fsp3) is 0.174. The van der Waals surface area contributed by atoms with Gasteiger partial charge in [-0.15, -0.1) is 0 Å². The molecular weight excluding hydrogens is 418 g/mol. The number of benzene rings is 3. The molecule has 0 saturated carbocycles. The van der Waals surface area contributed by atoms with Crippen LogP contribution in [0, 0.1) is 6.92 Å². The third-order valence-electron chi connectivity index (χ3n) is 4.97. The maximum Gasteiger partial charge on any atom is 0.342 e. The van der Waals surface area contributed by atoms with Gasteiger partial charge >= 0.3 is 5.97 Å². The van der Waals surface area contributed by atoms with Crippen LogP contribution >= 0.6 is 0 Å². The molecule has 0 amide bonds. The normalized spacial score (nSPS) is 11.6. The first-order chi connectivity index (χ1) is 14.9. The van der Waals surface area contributed by atoms with Crippen LogP contribution in [0.4, 0.5) is 5.69 Å². The lowest BCUT2D eigenvalue weighted by molar-refractivity contribution is 0.0526. The number of carbonyl (C=O) groups is 1. The van der Waals surface area contributed by atoms with E-state index >= 15 is 0 Å². The number of hydrogen-bond acceptors (Lipinski definition) is 6. The lowest BCUT2D eigenvalue weighted by Gasteiger charge is -2.12. The van der Waals surface area contributed by atoms with Gasteiger partial charge in [0.2, 0.25) is 0 Å². The minimum Gasteiger partial charge on any atom is -0.497 e. The van der Waals surface area contributed by atoms with Crippen molar-refractivity contribution in [1.29, 1.82) is 0 Å². The van der Waals surface area contributed by atoms with Crippen molar-refractivity contribution in [1.82, 2.24) is 0 Å². The Morgan fingerprint density at radius 2 is 1.71 bits per heavy atom. The van der Waals surface area contributed by atoms with Gasteiger partial charge in [-0.25, -0.2) is 13.2 Å². The van der Waals surface area contributed by atoms with Crippen LogP contribution in [-0.4, -0.2) is 28.1 Å². The number of anilines is 1. The van der Waals surface area contributed by atoms with Crippen LogP contribution < -0.4 is 9.46 Å². The number of carbonyl (C=O) groups excluding carboxylic acids is 1. The Hall–Kier alpha value is -3.52. The molecule has 1 aromatic heterocycles. The zero-order valence-electron chi connectivity index (χ0n) is 17.3. The second-order valence-electron chi connectivity index (χ2n) is 6.88. The molecule has 1 N–H and O–H groups in total. The Kier molecular flexibility index (Phi) is 5.32. The van der Waals surface area contributed by atoms with Gasteiger partial charge in [-0.3, -0.25) is 4.72 Å². The van der Waals surface area contributed by atoms with Gasteiger partial charge in [0.1, 0.15) is 22.7 Å². The zero-order chi connectivity index (χ0) is 22.2. The van der Waals surface area contributed by atoms with Crippen molar-refractivity contribution in [2.75, 3.05) is 18.4 Å². The third kappa shape index (κ3) is 3.70. The van der Waals surface area contributed by atoms with E-state index in [9.17, 15) is 13.2 Å². The van der Waals surface area contributed by atoms with E-state index in [0.717, 1.165) is 0 Å². The predicted octanol–water partition coefficient (Wildman–Crippen LogP) is 4.88. The van der Waals surface area contributed by atoms with Crippen LogP contribution in [0.5, 0.6) is 5.75 Å². The SMILES string of the molecule is CCOC(=O)c1c(C)oc2c1cc(NS(=O)(=O)c1ccc(OC)cc1)c1ccccc12. The minimum absolute atomic E-state index is 0.0893. The molecule has 0 bridgehead atoms. The summed E-state index contributed by atoms with van der Waals surface area (Å²) in [5.41, 5.74) is 1.13. The Balaban J connectivity index is 1.90.